The quantitative estimate of drug-likeness (QED) is 0.661. The van der Waals surface area contributed by atoms with Gasteiger partial charge in [-0.25, -0.2) is 9.37 Å². The lowest BCUT2D eigenvalue weighted by Gasteiger charge is -2.19. The van der Waals surface area contributed by atoms with Crippen LogP contribution in [0, 0.1) is 5.82 Å². The van der Waals surface area contributed by atoms with Crippen LogP contribution in [0.5, 0.6) is 5.75 Å². The van der Waals surface area contributed by atoms with Crippen LogP contribution < -0.4 is 15.6 Å². The summed E-state index contributed by atoms with van der Waals surface area (Å²) in [6.07, 6.45) is -3.37. The molecule has 30 heavy (non-hydrogen) atoms. The highest BCUT2D eigenvalue weighted by atomic mass is 19.4. The first kappa shape index (κ1) is 21.8. The monoisotopic (exact) mass is 429 g/mol. The van der Waals surface area contributed by atoms with Crippen molar-refractivity contribution in [2.45, 2.75) is 37.6 Å². The van der Waals surface area contributed by atoms with Gasteiger partial charge in [-0.1, -0.05) is 13.0 Å². The first-order chi connectivity index (χ1) is 14.0. The summed E-state index contributed by atoms with van der Waals surface area (Å²) in [5.41, 5.74) is -0.739. The summed E-state index contributed by atoms with van der Waals surface area (Å²) in [4.78, 5) is 31.4. The number of aromatic nitrogens is 2. The van der Waals surface area contributed by atoms with E-state index in [9.17, 15) is 27.2 Å². The van der Waals surface area contributed by atoms with Gasteiger partial charge >= 0.3 is 6.36 Å². The number of methoxy groups -OCH3 is 1. The van der Waals surface area contributed by atoms with E-state index in [0.717, 1.165) is 31.0 Å². The second-order valence-electron chi connectivity index (χ2n) is 7.26. The summed E-state index contributed by atoms with van der Waals surface area (Å²) < 4.78 is 59.6. The van der Waals surface area contributed by atoms with Gasteiger partial charge in [-0.05, 0) is 30.5 Å². The maximum Gasteiger partial charge on any atom is 0.573 e. The van der Waals surface area contributed by atoms with Crippen LogP contribution in [0.15, 0.2) is 29.1 Å². The number of hydrogen-bond donors (Lipinski definition) is 2. The summed E-state index contributed by atoms with van der Waals surface area (Å²) in [6.45, 7) is 1.81. The molecule has 0 bridgehead atoms. The second-order valence-corrected chi connectivity index (χ2v) is 7.26. The van der Waals surface area contributed by atoms with E-state index >= 15 is 0 Å². The van der Waals surface area contributed by atoms with Crippen molar-refractivity contribution in [2.75, 3.05) is 13.7 Å². The third-order valence-electron chi connectivity index (χ3n) is 4.77. The Bertz CT molecular complexity index is 1000. The van der Waals surface area contributed by atoms with Crippen molar-refractivity contribution in [2.24, 2.45) is 0 Å². The Labute approximate surface area is 168 Å². The highest BCUT2D eigenvalue weighted by molar-refractivity contribution is 5.92. The van der Waals surface area contributed by atoms with Crippen LogP contribution in [0.4, 0.5) is 17.6 Å². The van der Waals surface area contributed by atoms with Crippen LogP contribution in [0.3, 0.4) is 0 Å². The summed E-state index contributed by atoms with van der Waals surface area (Å²) in [7, 11) is 1.34. The van der Waals surface area contributed by atoms with Crippen molar-refractivity contribution < 1.29 is 31.8 Å². The number of carbonyl (C=O) groups excluding carboxylic acids is 1. The molecule has 1 atom stereocenters. The van der Waals surface area contributed by atoms with Crippen LogP contribution in [0.1, 0.15) is 47.7 Å². The van der Waals surface area contributed by atoms with E-state index < -0.39 is 35.4 Å². The molecule has 1 saturated carbocycles. The number of hydrogen-bond acceptors (Lipinski definition) is 5. The van der Waals surface area contributed by atoms with Crippen molar-refractivity contribution in [3.63, 3.8) is 0 Å². The third-order valence-corrected chi connectivity index (χ3v) is 4.77. The highest BCUT2D eigenvalue weighted by Gasteiger charge is 2.42. The fourth-order valence-corrected chi connectivity index (χ4v) is 2.85. The minimum Gasteiger partial charge on any atom is -0.403 e. The van der Waals surface area contributed by atoms with Crippen molar-refractivity contribution in [1.29, 1.82) is 0 Å². The molecule has 11 heteroatoms. The van der Waals surface area contributed by atoms with E-state index in [0.29, 0.717) is 5.82 Å². The number of H-pyrrole nitrogens is 1. The zero-order valence-electron chi connectivity index (χ0n) is 16.1. The molecule has 1 heterocycles. The molecule has 1 aromatic carbocycles. The van der Waals surface area contributed by atoms with Crippen LogP contribution >= 0.6 is 0 Å². The zero-order chi connectivity index (χ0) is 22.1. The average molecular weight is 429 g/mol. The predicted octanol–water partition coefficient (Wildman–Crippen LogP) is 2.98. The largest absolute Gasteiger partial charge is 0.573 e. The van der Waals surface area contributed by atoms with E-state index in [1.165, 1.54) is 13.2 Å². The molecule has 1 aromatic heterocycles. The lowest BCUT2D eigenvalue weighted by Crippen LogP contribution is -2.33. The Morgan fingerprint density at radius 3 is 2.60 bits per heavy atom. The molecule has 0 radical (unpaired) electrons. The van der Waals surface area contributed by atoms with Crippen molar-refractivity contribution in [3.05, 3.63) is 57.5 Å². The van der Waals surface area contributed by atoms with Gasteiger partial charge in [0.15, 0.2) is 11.6 Å². The molecule has 1 aliphatic rings. The van der Waals surface area contributed by atoms with Gasteiger partial charge in [-0.2, -0.15) is 0 Å². The number of nitrogens with one attached hydrogen (secondary N) is 2. The van der Waals surface area contributed by atoms with E-state index in [2.05, 4.69) is 20.0 Å². The maximum atomic E-state index is 14.0. The average Bonchev–Trinajstić information content (AvgIpc) is 3.40. The Hall–Kier alpha value is -2.95. The van der Waals surface area contributed by atoms with Crippen molar-refractivity contribution in [1.82, 2.24) is 15.3 Å². The number of alkyl halides is 3. The first-order valence-corrected chi connectivity index (χ1v) is 8.97. The Morgan fingerprint density at radius 2 is 2.03 bits per heavy atom. The normalized spacial score (nSPS) is 16.1. The standard InChI is InChI=1S/C19H19F4N3O4/c1-18(5-6-18)17-25-12(8-15(27)26-17)16(28)24-13(9-29-2)10-3-4-14(11(20)7-10)30-19(21,22)23/h3-4,7-8,13H,5-6,9H2,1-2H3,(H,24,28)(H,25,26,27)/t13-/m1/s1. The van der Waals surface area contributed by atoms with Gasteiger partial charge in [-0.3, -0.25) is 9.59 Å². The molecule has 1 amide bonds. The number of nitrogens with zero attached hydrogens (tertiary/aromatic N) is 1. The Kier molecular flexibility index (Phi) is 5.84. The van der Waals surface area contributed by atoms with Gasteiger partial charge in [-0.15, -0.1) is 13.2 Å². The van der Waals surface area contributed by atoms with Gasteiger partial charge in [0.25, 0.3) is 11.5 Å². The minimum absolute atomic E-state index is 0.0988. The molecule has 7 nitrogen and oxygen atoms in total. The Balaban J connectivity index is 1.82. The topological polar surface area (TPSA) is 93.3 Å². The number of halogens is 4. The molecular formula is C19H19F4N3O4. The molecule has 3 rings (SSSR count). The number of ether oxygens (including phenoxy) is 2. The summed E-state index contributed by atoms with van der Waals surface area (Å²) in [5.74, 6) is -2.54. The lowest BCUT2D eigenvalue weighted by molar-refractivity contribution is -0.275. The van der Waals surface area contributed by atoms with Crippen LogP contribution in [-0.4, -0.2) is 36.0 Å². The number of aromatic amines is 1. The fourth-order valence-electron chi connectivity index (χ4n) is 2.85. The molecule has 0 saturated heterocycles. The molecule has 1 aliphatic carbocycles. The van der Waals surface area contributed by atoms with Crippen molar-refractivity contribution in [3.8, 4) is 5.75 Å². The van der Waals surface area contributed by atoms with E-state index in [1.807, 2.05) is 6.92 Å². The number of benzene rings is 1. The van der Waals surface area contributed by atoms with Crippen molar-refractivity contribution >= 4 is 5.91 Å². The lowest BCUT2D eigenvalue weighted by atomic mass is 10.1. The van der Waals surface area contributed by atoms with Gasteiger partial charge in [0.2, 0.25) is 0 Å². The molecular weight excluding hydrogens is 410 g/mol. The number of carbonyl (C=O) groups is 1. The maximum absolute atomic E-state index is 14.0. The van der Waals surface area contributed by atoms with Gasteiger partial charge in [0.1, 0.15) is 11.5 Å². The summed E-state index contributed by atoms with van der Waals surface area (Å²) >= 11 is 0. The summed E-state index contributed by atoms with van der Waals surface area (Å²) in [5, 5.41) is 2.56. The molecule has 0 unspecified atom stereocenters. The number of rotatable bonds is 7. The SMILES string of the molecule is COC[C@@H](NC(=O)c1cc(=O)[nH]c(C2(C)CC2)n1)c1ccc(OC(F)(F)F)c(F)c1. The van der Waals surface area contributed by atoms with Crippen LogP contribution in [0.25, 0.3) is 0 Å². The third kappa shape index (κ3) is 5.15. The second kappa shape index (κ2) is 8.05. The Morgan fingerprint density at radius 1 is 1.33 bits per heavy atom. The smallest absolute Gasteiger partial charge is 0.403 e. The molecule has 0 spiro atoms. The van der Waals surface area contributed by atoms with Gasteiger partial charge in [0, 0.05) is 18.6 Å². The van der Waals surface area contributed by atoms with E-state index in [-0.39, 0.29) is 23.3 Å². The fraction of sp³-hybridized carbons (Fsp3) is 0.421. The van der Waals surface area contributed by atoms with Gasteiger partial charge < -0.3 is 19.8 Å². The predicted molar refractivity (Wildman–Crippen MR) is 96.6 cm³/mol. The van der Waals surface area contributed by atoms with Crippen LogP contribution in [0.2, 0.25) is 0 Å². The summed E-state index contributed by atoms with van der Waals surface area (Å²) in [6, 6.07) is 2.93. The molecule has 0 aliphatic heterocycles. The molecule has 162 valence electrons. The zero-order valence-corrected chi connectivity index (χ0v) is 16.1. The minimum atomic E-state index is -5.04. The molecule has 2 aromatic rings. The molecule has 1 fully saturated rings. The van der Waals surface area contributed by atoms with E-state index in [4.69, 9.17) is 4.74 Å². The molecule has 2 N–H and O–H groups in total. The van der Waals surface area contributed by atoms with Gasteiger partial charge in [0.05, 0.1) is 12.6 Å². The van der Waals surface area contributed by atoms with Crippen LogP contribution in [-0.2, 0) is 10.2 Å². The highest BCUT2D eigenvalue weighted by Crippen LogP contribution is 2.45. The first-order valence-electron chi connectivity index (χ1n) is 8.97. The van der Waals surface area contributed by atoms with E-state index in [1.54, 1.807) is 0 Å². The number of amides is 1.